The molecule has 2 heteroatoms. The van der Waals surface area contributed by atoms with E-state index in [1.54, 1.807) is 0 Å². The van der Waals surface area contributed by atoms with Crippen LogP contribution in [0.15, 0.2) is 243 Å². The maximum absolute atomic E-state index is 2.40. The summed E-state index contributed by atoms with van der Waals surface area (Å²) in [4.78, 5) is 0. The molecule has 0 aliphatic rings. The van der Waals surface area contributed by atoms with Gasteiger partial charge in [0.25, 0.3) is 0 Å². The second-order valence-corrected chi connectivity index (χ2v) is 16.2. The molecule has 0 aliphatic carbocycles. The van der Waals surface area contributed by atoms with Crippen molar-refractivity contribution in [3.8, 4) is 67.0 Å². The molecule has 0 bridgehead atoms. The Hall–Kier alpha value is -8.20. The van der Waals surface area contributed by atoms with Crippen molar-refractivity contribution in [3.05, 3.63) is 243 Å². The van der Waals surface area contributed by atoms with E-state index in [0.29, 0.717) is 0 Å². The van der Waals surface area contributed by atoms with E-state index in [2.05, 4.69) is 252 Å². The van der Waals surface area contributed by atoms with E-state index in [1.165, 1.54) is 99.2 Å². The van der Waals surface area contributed by atoms with E-state index in [4.69, 9.17) is 0 Å². The summed E-state index contributed by atoms with van der Waals surface area (Å²) in [6.45, 7) is 0. The second kappa shape index (κ2) is 14.8. The lowest BCUT2D eigenvalue weighted by Crippen LogP contribution is -1.94. The molecule has 12 rings (SSSR count). The smallest absolute Gasteiger partial charge is 0.0541 e. The van der Waals surface area contributed by atoms with Gasteiger partial charge in [0.05, 0.1) is 22.1 Å². The number of benzene rings is 10. The first kappa shape index (κ1) is 35.7. The molecular weight excluding hydrogens is 749 g/mol. The highest BCUT2D eigenvalue weighted by atomic mass is 15.0. The highest BCUT2D eigenvalue weighted by Crippen LogP contribution is 2.38. The first-order chi connectivity index (χ1) is 30.7. The van der Waals surface area contributed by atoms with Gasteiger partial charge in [0, 0.05) is 32.9 Å². The number of aromatic nitrogens is 2. The number of para-hydroxylation sites is 2. The van der Waals surface area contributed by atoms with Crippen molar-refractivity contribution in [3.63, 3.8) is 0 Å². The molecule has 2 heterocycles. The molecule has 0 spiro atoms. The van der Waals surface area contributed by atoms with Crippen molar-refractivity contribution in [2.75, 3.05) is 0 Å². The fourth-order valence-corrected chi connectivity index (χ4v) is 9.46. The Kier molecular flexibility index (Phi) is 8.53. The minimum absolute atomic E-state index is 1.16. The zero-order chi connectivity index (χ0) is 41.0. The minimum Gasteiger partial charge on any atom is -0.309 e. The number of hydrogen-bond acceptors (Lipinski definition) is 0. The summed E-state index contributed by atoms with van der Waals surface area (Å²) in [5.74, 6) is 0. The SMILES string of the molecule is c1ccc(-c2ccc(-n3c4ccccc4c4cc(-c5ccc(-c6ccc(-c7ccc8c(c7)c7ccccc7n8-c7cccc(-c8ccccc8)c7)cc6)cc5)ccc43)cc2)cc1. The molecule has 10 aromatic carbocycles. The fourth-order valence-electron chi connectivity index (χ4n) is 9.46. The quantitative estimate of drug-likeness (QED) is 0.152. The normalized spacial score (nSPS) is 11.5. The molecule has 0 aliphatic heterocycles. The number of rotatable bonds is 7. The third kappa shape index (κ3) is 6.12. The highest BCUT2D eigenvalue weighted by molar-refractivity contribution is 6.11. The van der Waals surface area contributed by atoms with Gasteiger partial charge in [-0.3, -0.25) is 0 Å². The summed E-state index contributed by atoms with van der Waals surface area (Å²) >= 11 is 0. The molecule has 0 atom stereocenters. The number of nitrogens with zero attached hydrogens (tertiary/aromatic N) is 2. The molecule has 0 unspecified atom stereocenters. The Labute approximate surface area is 360 Å². The molecule has 0 fully saturated rings. The van der Waals surface area contributed by atoms with Crippen LogP contribution in [-0.2, 0) is 0 Å². The maximum Gasteiger partial charge on any atom is 0.0541 e. The third-order valence-corrected chi connectivity index (χ3v) is 12.6. The third-order valence-electron chi connectivity index (χ3n) is 12.6. The van der Waals surface area contributed by atoms with Crippen molar-refractivity contribution in [2.45, 2.75) is 0 Å². The summed E-state index contributed by atoms with van der Waals surface area (Å²) in [6.07, 6.45) is 0. The molecule has 62 heavy (non-hydrogen) atoms. The Balaban J connectivity index is 0.832. The second-order valence-electron chi connectivity index (χ2n) is 16.2. The average molecular weight is 789 g/mol. The van der Waals surface area contributed by atoms with Crippen LogP contribution in [0.25, 0.3) is 111 Å². The van der Waals surface area contributed by atoms with E-state index in [1.807, 2.05) is 0 Å². The topological polar surface area (TPSA) is 9.86 Å². The predicted molar refractivity (Wildman–Crippen MR) is 262 cm³/mol. The monoisotopic (exact) mass is 788 g/mol. The summed E-state index contributed by atoms with van der Waals surface area (Å²) in [5.41, 5.74) is 19.3. The largest absolute Gasteiger partial charge is 0.309 e. The molecule has 0 N–H and O–H groups in total. The Morgan fingerprint density at radius 3 is 1.00 bits per heavy atom. The molecule has 290 valence electrons. The molecule has 2 aromatic heterocycles. The standard InChI is InChI=1S/C60H40N2/c1-3-12-41(13-4-1)45-30-34-51(35-31-45)61-57-20-9-7-18-53(57)55-39-49(32-36-59(55)61)46-26-22-43(23-27-46)44-24-28-47(29-25-44)50-33-37-60-56(40-50)54-19-8-10-21-58(54)62(60)52-17-11-16-48(38-52)42-14-5-2-6-15-42/h1-40H. The molecular formula is C60H40N2. The lowest BCUT2D eigenvalue weighted by Gasteiger charge is -2.11. The van der Waals surface area contributed by atoms with Gasteiger partial charge in [-0.15, -0.1) is 0 Å². The average Bonchev–Trinajstić information content (AvgIpc) is 3.87. The van der Waals surface area contributed by atoms with Gasteiger partial charge in [0.2, 0.25) is 0 Å². The van der Waals surface area contributed by atoms with Gasteiger partial charge in [0.1, 0.15) is 0 Å². The summed E-state index contributed by atoms with van der Waals surface area (Å²) < 4.78 is 4.79. The lowest BCUT2D eigenvalue weighted by atomic mass is 9.97. The van der Waals surface area contributed by atoms with Gasteiger partial charge < -0.3 is 9.13 Å². The molecule has 0 amide bonds. The van der Waals surface area contributed by atoms with Crippen molar-refractivity contribution < 1.29 is 0 Å². The molecule has 0 radical (unpaired) electrons. The molecule has 2 nitrogen and oxygen atoms in total. The van der Waals surface area contributed by atoms with Crippen LogP contribution in [0.4, 0.5) is 0 Å². The van der Waals surface area contributed by atoms with Gasteiger partial charge in [-0.1, -0.05) is 182 Å². The van der Waals surface area contributed by atoms with Crippen LogP contribution in [0, 0.1) is 0 Å². The summed E-state index contributed by atoms with van der Waals surface area (Å²) in [6, 6.07) is 88.3. The predicted octanol–water partition coefficient (Wildman–Crippen LogP) is 16.2. The van der Waals surface area contributed by atoms with E-state index >= 15 is 0 Å². The van der Waals surface area contributed by atoms with Gasteiger partial charge in [0.15, 0.2) is 0 Å². The lowest BCUT2D eigenvalue weighted by molar-refractivity contribution is 1.18. The van der Waals surface area contributed by atoms with Crippen LogP contribution in [0.5, 0.6) is 0 Å². The van der Waals surface area contributed by atoms with Crippen LogP contribution >= 0.6 is 0 Å². The van der Waals surface area contributed by atoms with Crippen molar-refractivity contribution in [2.24, 2.45) is 0 Å². The first-order valence-electron chi connectivity index (χ1n) is 21.3. The zero-order valence-electron chi connectivity index (χ0n) is 34.0. The van der Waals surface area contributed by atoms with Gasteiger partial charge >= 0.3 is 0 Å². The van der Waals surface area contributed by atoms with Crippen LogP contribution in [0.2, 0.25) is 0 Å². The van der Waals surface area contributed by atoms with E-state index in [-0.39, 0.29) is 0 Å². The Bertz CT molecular complexity index is 3580. The van der Waals surface area contributed by atoms with Gasteiger partial charge in [-0.25, -0.2) is 0 Å². The van der Waals surface area contributed by atoms with Crippen molar-refractivity contribution >= 4 is 43.6 Å². The highest BCUT2D eigenvalue weighted by Gasteiger charge is 2.16. The molecule has 0 saturated heterocycles. The number of fused-ring (bicyclic) bond motifs is 6. The number of hydrogen-bond donors (Lipinski definition) is 0. The van der Waals surface area contributed by atoms with Crippen LogP contribution in [0.3, 0.4) is 0 Å². The van der Waals surface area contributed by atoms with Gasteiger partial charge in [-0.05, 0) is 116 Å². The maximum atomic E-state index is 2.40. The summed E-state index contributed by atoms with van der Waals surface area (Å²) in [5, 5.41) is 5.02. The van der Waals surface area contributed by atoms with Crippen LogP contribution in [0.1, 0.15) is 0 Å². The van der Waals surface area contributed by atoms with E-state index in [9.17, 15) is 0 Å². The van der Waals surface area contributed by atoms with Crippen molar-refractivity contribution in [1.82, 2.24) is 9.13 Å². The zero-order valence-corrected chi connectivity index (χ0v) is 34.0. The molecule has 12 aromatic rings. The minimum atomic E-state index is 1.16. The van der Waals surface area contributed by atoms with E-state index < -0.39 is 0 Å². The first-order valence-corrected chi connectivity index (χ1v) is 21.3. The molecule has 0 saturated carbocycles. The van der Waals surface area contributed by atoms with Gasteiger partial charge in [-0.2, -0.15) is 0 Å². The Morgan fingerprint density at radius 1 is 0.177 bits per heavy atom. The van der Waals surface area contributed by atoms with Crippen LogP contribution < -0.4 is 0 Å². The van der Waals surface area contributed by atoms with Crippen LogP contribution in [-0.4, -0.2) is 9.13 Å². The Morgan fingerprint density at radius 2 is 0.500 bits per heavy atom. The van der Waals surface area contributed by atoms with E-state index in [0.717, 1.165) is 11.4 Å². The van der Waals surface area contributed by atoms with Crippen molar-refractivity contribution in [1.29, 1.82) is 0 Å². The fraction of sp³-hybridized carbons (Fsp3) is 0. The summed E-state index contributed by atoms with van der Waals surface area (Å²) in [7, 11) is 0.